The third-order valence-corrected chi connectivity index (χ3v) is 9.57. The lowest BCUT2D eigenvalue weighted by Gasteiger charge is -2.38. The summed E-state index contributed by atoms with van der Waals surface area (Å²) in [4.78, 5) is 11.8. The van der Waals surface area contributed by atoms with Crippen molar-refractivity contribution >= 4 is 15.9 Å². The molecule has 0 aromatic heterocycles. The molecule has 3 N–H and O–H groups in total. The van der Waals surface area contributed by atoms with E-state index in [-0.39, 0.29) is 18.0 Å². The fraction of sp³-hybridized carbons (Fsp3) is 0.519. The van der Waals surface area contributed by atoms with Gasteiger partial charge in [-0.25, -0.2) is 0 Å². The number of nitrogens with one attached hydrogen (secondary N) is 2. The molecule has 188 valence electrons. The third kappa shape index (κ3) is 6.06. The second kappa shape index (κ2) is 11.5. The van der Waals surface area contributed by atoms with Gasteiger partial charge >= 0.3 is 5.97 Å². The van der Waals surface area contributed by atoms with Crippen molar-refractivity contribution < 1.29 is 18.8 Å². The Morgan fingerprint density at radius 2 is 2.00 bits per heavy atom. The van der Waals surface area contributed by atoms with Gasteiger partial charge in [0.05, 0.1) is 19.6 Å². The van der Waals surface area contributed by atoms with E-state index in [1.54, 1.807) is 7.11 Å². The molecule has 7 heteroatoms. The van der Waals surface area contributed by atoms with Gasteiger partial charge in [0, 0.05) is 34.8 Å². The van der Waals surface area contributed by atoms with Gasteiger partial charge < -0.3 is 15.2 Å². The van der Waals surface area contributed by atoms with Crippen LogP contribution in [0.5, 0.6) is 5.75 Å². The maximum atomic E-state index is 14.4. The molecule has 0 unspecified atom stereocenters. The number of carboxylic acid groups (broad SMARTS) is 1. The van der Waals surface area contributed by atoms with E-state index < -0.39 is 15.9 Å². The summed E-state index contributed by atoms with van der Waals surface area (Å²) in [6.07, 6.45) is 6.04. The molecule has 1 heterocycles. The first-order valence-corrected chi connectivity index (χ1v) is 14.6. The minimum absolute atomic E-state index is 0.0516. The summed E-state index contributed by atoms with van der Waals surface area (Å²) in [6, 6.07) is 14.3. The van der Waals surface area contributed by atoms with Gasteiger partial charge in [-0.1, -0.05) is 67.0 Å². The third-order valence-electron chi connectivity index (χ3n) is 6.95. The van der Waals surface area contributed by atoms with Crippen LogP contribution in [0.15, 0.2) is 47.4 Å². The van der Waals surface area contributed by atoms with Gasteiger partial charge in [-0.05, 0) is 42.4 Å². The number of carboxylic acids is 1. The molecule has 3 rings (SSSR count). The molecule has 0 amide bonds. The molecule has 0 bridgehead atoms. The van der Waals surface area contributed by atoms with Crippen molar-refractivity contribution in [2.75, 3.05) is 25.7 Å². The Balaban J connectivity index is 2.12. The molecule has 6 nitrogen and oxygen atoms in total. The summed E-state index contributed by atoms with van der Waals surface area (Å²) in [5.41, 5.74) is 2.84. The second-order valence-corrected chi connectivity index (χ2v) is 12.5. The lowest BCUT2D eigenvalue weighted by Crippen LogP contribution is -2.50. The molecular formula is C27H40N2O4S. The molecule has 0 fully saturated rings. The Morgan fingerprint density at radius 1 is 1.26 bits per heavy atom. The zero-order valence-electron chi connectivity index (χ0n) is 20.9. The van der Waals surface area contributed by atoms with Crippen molar-refractivity contribution in [3.63, 3.8) is 0 Å². The summed E-state index contributed by atoms with van der Waals surface area (Å²) < 4.78 is 20.1. The Morgan fingerprint density at radius 3 is 2.62 bits per heavy atom. The SMILES string of the molecule is CCCC[C@]1(CC)C[SH](C)(=O)c2cc(CNCCC(=O)O)c(OC)cc2[C@@H](c2ccccc2)N1. The van der Waals surface area contributed by atoms with Gasteiger partial charge in [-0.15, -0.1) is 0 Å². The molecule has 0 saturated carbocycles. The Kier molecular flexibility index (Phi) is 8.90. The first-order chi connectivity index (χ1) is 16.2. The summed E-state index contributed by atoms with van der Waals surface area (Å²) in [5, 5.41) is 16.1. The predicted octanol–water partition coefficient (Wildman–Crippen LogP) is 4.30. The molecule has 0 saturated heterocycles. The van der Waals surface area contributed by atoms with Crippen molar-refractivity contribution in [2.45, 2.75) is 69.0 Å². The monoisotopic (exact) mass is 488 g/mol. The van der Waals surface area contributed by atoms with Gasteiger partial charge in [0.15, 0.2) is 0 Å². The molecule has 1 aliphatic rings. The van der Waals surface area contributed by atoms with Crippen LogP contribution in [-0.4, -0.2) is 46.5 Å². The van der Waals surface area contributed by atoms with E-state index in [0.717, 1.165) is 53.0 Å². The average Bonchev–Trinajstić information content (AvgIpc) is 2.92. The topological polar surface area (TPSA) is 87.7 Å². The summed E-state index contributed by atoms with van der Waals surface area (Å²) in [5.74, 6) is 0.506. The first kappa shape index (κ1) is 26.4. The minimum Gasteiger partial charge on any atom is -0.496 e. The van der Waals surface area contributed by atoms with E-state index in [4.69, 9.17) is 9.84 Å². The maximum absolute atomic E-state index is 14.4. The van der Waals surface area contributed by atoms with Crippen LogP contribution < -0.4 is 15.4 Å². The summed E-state index contributed by atoms with van der Waals surface area (Å²) >= 11 is 0. The number of thiol groups is 1. The Labute approximate surface area is 204 Å². The van der Waals surface area contributed by atoms with E-state index in [1.807, 2.05) is 36.6 Å². The number of carbonyl (C=O) groups is 1. The van der Waals surface area contributed by atoms with Crippen molar-refractivity contribution in [1.82, 2.24) is 10.6 Å². The van der Waals surface area contributed by atoms with Crippen molar-refractivity contribution in [2.24, 2.45) is 0 Å². The van der Waals surface area contributed by atoms with Crippen LogP contribution in [0, 0.1) is 0 Å². The average molecular weight is 489 g/mol. The second-order valence-electron chi connectivity index (χ2n) is 9.53. The zero-order chi connectivity index (χ0) is 24.8. The maximum Gasteiger partial charge on any atom is 0.304 e. The Bertz CT molecular complexity index is 1030. The van der Waals surface area contributed by atoms with Crippen LogP contribution in [0.1, 0.15) is 68.7 Å². The van der Waals surface area contributed by atoms with E-state index in [0.29, 0.717) is 18.8 Å². The first-order valence-electron chi connectivity index (χ1n) is 12.3. The highest BCUT2D eigenvalue weighted by Gasteiger charge is 2.40. The highest BCUT2D eigenvalue weighted by atomic mass is 32.2. The standard InChI is InChI=1S/C27H40N2O4S/c1-5-7-14-27(6-2)19-34(4,32)24-16-21(18-28-15-13-25(30)31)23(33-3)17-22(24)26(29-27)20-11-9-8-10-12-20/h8-12,16-17,26,28-29,34H,5-7,13-15,18-19H2,1-4H3,(H,30,31)/t26-,27-/m1/s1. The number of ether oxygens (including phenoxy) is 1. The van der Waals surface area contributed by atoms with E-state index in [1.165, 1.54) is 0 Å². The van der Waals surface area contributed by atoms with Crippen molar-refractivity contribution in [1.29, 1.82) is 0 Å². The lowest BCUT2D eigenvalue weighted by atomic mass is 9.88. The molecular weight excluding hydrogens is 448 g/mol. The largest absolute Gasteiger partial charge is 0.496 e. The predicted molar refractivity (Wildman–Crippen MR) is 140 cm³/mol. The summed E-state index contributed by atoms with van der Waals surface area (Å²) in [7, 11) is -1.06. The molecule has 0 aliphatic carbocycles. The zero-order valence-corrected chi connectivity index (χ0v) is 21.8. The number of hydrogen-bond acceptors (Lipinski definition) is 5. The molecule has 1 aliphatic heterocycles. The number of unbranched alkanes of at least 4 members (excludes halogenated alkanes) is 1. The lowest BCUT2D eigenvalue weighted by molar-refractivity contribution is -0.136. The molecule has 2 aromatic carbocycles. The number of hydrogen-bond donors (Lipinski definition) is 4. The number of aliphatic carboxylic acids is 1. The van der Waals surface area contributed by atoms with E-state index in [9.17, 15) is 9.00 Å². The molecule has 0 radical (unpaired) electrons. The number of rotatable bonds is 11. The van der Waals surface area contributed by atoms with Gasteiger partial charge in [0.1, 0.15) is 5.75 Å². The van der Waals surface area contributed by atoms with E-state index in [2.05, 4.69) is 36.6 Å². The van der Waals surface area contributed by atoms with E-state index >= 15 is 0 Å². The molecule has 2 aromatic rings. The van der Waals surface area contributed by atoms with Crippen LogP contribution in [0.3, 0.4) is 0 Å². The van der Waals surface area contributed by atoms with Crippen LogP contribution in [-0.2, 0) is 21.3 Å². The van der Waals surface area contributed by atoms with Gasteiger partial charge in [0.25, 0.3) is 0 Å². The normalized spacial score (nSPS) is 22.4. The van der Waals surface area contributed by atoms with Crippen molar-refractivity contribution in [3.8, 4) is 5.75 Å². The van der Waals surface area contributed by atoms with Crippen LogP contribution >= 0.6 is 0 Å². The quantitative estimate of drug-likeness (QED) is 0.279. The highest BCUT2D eigenvalue weighted by Crippen LogP contribution is 2.42. The van der Waals surface area contributed by atoms with Crippen LogP contribution in [0.2, 0.25) is 0 Å². The van der Waals surface area contributed by atoms with Gasteiger partial charge in [0.2, 0.25) is 0 Å². The fourth-order valence-corrected chi connectivity index (χ4v) is 8.04. The smallest absolute Gasteiger partial charge is 0.304 e. The van der Waals surface area contributed by atoms with Crippen LogP contribution in [0.4, 0.5) is 0 Å². The Hall–Kier alpha value is -2.22. The number of benzene rings is 2. The summed E-state index contributed by atoms with van der Waals surface area (Å²) in [6.45, 7) is 5.22. The minimum atomic E-state index is -2.71. The van der Waals surface area contributed by atoms with Crippen LogP contribution in [0.25, 0.3) is 0 Å². The van der Waals surface area contributed by atoms with Crippen molar-refractivity contribution in [3.05, 3.63) is 59.2 Å². The fourth-order valence-electron chi connectivity index (χ4n) is 5.07. The van der Waals surface area contributed by atoms with Gasteiger partial charge in [-0.3, -0.25) is 14.3 Å². The number of methoxy groups -OCH3 is 1. The molecule has 0 spiro atoms. The van der Waals surface area contributed by atoms with Gasteiger partial charge in [-0.2, -0.15) is 0 Å². The highest BCUT2D eigenvalue weighted by molar-refractivity contribution is 8.02. The molecule has 2 atom stereocenters. The number of fused-ring (bicyclic) bond motifs is 1. The molecule has 34 heavy (non-hydrogen) atoms.